The second kappa shape index (κ2) is 16.2. The Morgan fingerprint density at radius 1 is 0.333 bits per heavy atom. The molecule has 0 aromatic heterocycles. The lowest BCUT2D eigenvalue weighted by molar-refractivity contribution is 0.590. The summed E-state index contributed by atoms with van der Waals surface area (Å²) in [4.78, 5) is 4.71. The van der Waals surface area contributed by atoms with Crippen molar-refractivity contribution in [2.75, 3.05) is 9.80 Å². The molecule has 0 bridgehead atoms. The summed E-state index contributed by atoms with van der Waals surface area (Å²) in [6, 6.07) is 47.7. The van der Waals surface area contributed by atoms with Gasteiger partial charge >= 0.3 is 0 Å². The standard InChI is InChI=1S/C57H69ClN2/c1-38-35-50(59(45-28-21-41(22-29-45)54(5,6)7)46-30-23-42(24-31-46)55(8,9)10)52(58)51(36-38)60(47-32-25-43(26-33-47)56(11,12)13)49-34-27-44(57(14,15)16)37-48(49)39-17-19-40(20-18-39)53(2,3)4/h17-37H,1-16H3. The molecule has 0 saturated heterocycles. The molecule has 60 heavy (non-hydrogen) atoms. The lowest BCUT2D eigenvalue weighted by Gasteiger charge is -2.34. The average Bonchev–Trinajstić information content (AvgIpc) is 3.15. The van der Waals surface area contributed by atoms with E-state index in [2.05, 4.69) is 248 Å². The predicted molar refractivity (Wildman–Crippen MR) is 264 cm³/mol. The minimum atomic E-state index is -0.0441. The zero-order valence-corrected chi connectivity index (χ0v) is 40.2. The van der Waals surface area contributed by atoms with Gasteiger partial charge < -0.3 is 9.80 Å². The Kier molecular flexibility index (Phi) is 12.1. The number of hydrogen-bond donors (Lipinski definition) is 0. The minimum Gasteiger partial charge on any atom is -0.309 e. The Hall–Kier alpha value is -4.79. The number of anilines is 6. The van der Waals surface area contributed by atoms with E-state index in [1.807, 2.05) is 0 Å². The van der Waals surface area contributed by atoms with E-state index in [0.717, 1.165) is 45.3 Å². The first kappa shape index (κ1) is 44.8. The van der Waals surface area contributed by atoms with Gasteiger partial charge in [-0.05, 0) is 134 Å². The summed E-state index contributed by atoms with van der Waals surface area (Å²) in [6.45, 7) is 36.3. The summed E-state index contributed by atoms with van der Waals surface area (Å²) in [6.07, 6.45) is 0. The predicted octanol–water partition coefficient (Wildman–Crippen LogP) is 17.7. The highest BCUT2D eigenvalue weighted by Gasteiger charge is 2.28. The van der Waals surface area contributed by atoms with Crippen molar-refractivity contribution >= 4 is 45.7 Å². The summed E-state index contributed by atoms with van der Waals surface area (Å²) >= 11 is 7.97. The van der Waals surface area contributed by atoms with E-state index in [1.165, 1.54) is 33.4 Å². The van der Waals surface area contributed by atoms with Crippen LogP contribution >= 0.6 is 11.6 Å². The average molecular weight is 818 g/mol. The molecule has 0 unspecified atom stereocenters. The Morgan fingerprint density at radius 2 is 0.633 bits per heavy atom. The van der Waals surface area contributed by atoms with Crippen LogP contribution < -0.4 is 9.80 Å². The first-order valence-corrected chi connectivity index (χ1v) is 22.1. The summed E-state index contributed by atoms with van der Waals surface area (Å²) in [7, 11) is 0. The number of hydrogen-bond acceptors (Lipinski definition) is 2. The monoisotopic (exact) mass is 817 g/mol. The topological polar surface area (TPSA) is 6.48 Å². The van der Waals surface area contributed by atoms with Gasteiger partial charge in [0.1, 0.15) is 0 Å². The van der Waals surface area contributed by atoms with Gasteiger partial charge in [-0.25, -0.2) is 0 Å². The summed E-state index contributed by atoms with van der Waals surface area (Å²) in [5, 5.41) is 0.675. The molecule has 0 fully saturated rings. The van der Waals surface area contributed by atoms with Crippen LogP contribution in [0.5, 0.6) is 0 Å². The molecule has 0 aliphatic rings. The number of halogens is 1. The van der Waals surface area contributed by atoms with Crippen molar-refractivity contribution in [1.29, 1.82) is 0 Å². The van der Waals surface area contributed by atoms with Gasteiger partial charge in [-0.3, -0.25) is 0 Å². The molecule has 6 rings (SSSR count). The Balaban J connectivity index is 1.66. The maximum atomic E-state index is 7.97. The van der Waals surface area contributed by atoms with E-state index in [0.29, 0.717) is 5.02 Å². The molecule has 3 heteroatoms. The molecule has 0 radical (unpaired) electrons. The van der Waals surface area contributed by atoms with E-state index in [4.69, 9.17) is 11.6 Å². The number of aryl methyl sites for hydroxylation is 1. The maximum absolute atomic E-state index is 7.97. The SMILES string of the molecule is Cc1cc(N(c2ccc(C(C)(C)C)cc2)c2ccc(C(C)(C)C)cc2)c(Cl)c(N(c2ccc(C(C)(C)C)cc2)c2ccc(C(C)(C)C)cc2-c2ccc(C(C)(C)C)cc2)c1. The van der Waals surface area contributed by atoms with Crippen molar-refractivity contribution in [1.82, 2.24) is 0 Å². The highest BCUT2D eigenvalue weighted by molar-refractivity contribution is 6.36. The van der Waals surface area contributed by atoms with E-state index in [9.17, 15) is 0 Å². The van der Waals surface area contributed by atoms with Crippen LogP contribution in [0.4, 0.5) is 34.1 Å². The van der Waals surface area contributed by atoms with Gasteiger partial charge in [-0.15, -0.1) is 0 Å². The second-order valence-corrected chi connectivity index (χ2v) is 22.4. The van der Waals surface area contributed by atoms with Crippen molar-refractivity contribution in [2.45, 2.75) is 138 Å². The minimum absolute atomic E-state index is 0.0113. The van der Waals surface area contributed by atoms with E-state index >= 15 is 0 Å². The Morgan fingerprint density at radius 3 is 0.983 bits per heavy atom. The van der Waals surface area contributed by atoms with Crippen LogP contribution in [0.3, 0.4) is 0 Å². The third-order valence-corrected chi connectivity index (χ3v) is 12.2. The van der Waals surface area contributed by atoms with Crippen molar-refractivity contribution in [3.05, 3.63) is 166 Å². The largest absolute Gasteiger partial charge is 0.309 e. The molecule has 0 N–H and O–H groups in total. The second-order valence-electron chi connectivity index (χ2n) is 22.0. The first-order valence-electron chi connectivity index (χ1n) is 21.7. The van der Waals surface area contributed by atoms with Crippen LogP contribution in [-0.4, -0.2) is 0 Å². The van der Waals surface area contributed by atoms with Crippen LogP contribution in [0.2, 0.25) is 5.02 Å². The lowest BCUT2D eigenvalue weighted by atomic mass is 9.83. The normalized spacial score (nSPS) is 12.8. The van der Waals surface area contributed by atoms with E-state index in [1.54, 1.807) is 0 Å². The molecule has 0 aliphatic heterocycles. The molecule has 0 aliphatic carbocycles. The zero-order chi connectivity index (χ0) is 44.2. The van der Waals surface area contributed by atoms with Crippen LogP contribution in [0.15, 0.2) is 127 Å². The molecular formula is C57H69ClN2. The third kappa shape index (κ3) is 9.71. The van der Waals surface area contributed by atoms with Gasteiger partial charge in [0, 0.05) is 22.6 Å². The Labute approximate surface area is 368 Å². The van der Waals surface area contributed by atoms with Crippen LogP contribution in [0, 0.1) is 6.92 Å². The van der Waals surface area contributed by atoms with Gasteiger partial charge in [0.05, 0.1) is 22.1 Å². The summed E-state index contributed by atoms with van der Waals surface area (Å²) in [5.74, 6) is 0. The van der Waals surface area contributed by atoms with Crippen molar-refractivity contribution in [2.24, 2.45) is 0 Å². The molecule has 0 spiro atoms. The quantitative estimate of drug-likeness (QED) is 0.158. The number of nitrogens with zero attached hydrogens (tertiary/aromatic N) is 2. The molecule has 0 heterocycles. The van der Waals surface area contributed by atoms with Crippen molar-refractivity contribution < 1.29 is 0 Å². The van der Waals surface area contributed by atoms with E-state index < -0.39 is 0 Å². The fourth-order valence-corrected chi connectivity index (χ4v) is 8.08. The maximum Gasteiger partial charge on any atom is 0.0887 e. The first-order chi connectivity index (χ1) is 27.7. The van der Waals surface area contributed by atoms with Crippen molar-refractivity contribution in [3.8, 4) is 11.1 Å². The third-order valence-electron chi connectivity index (χ3n) is 11.8. The smallest absolute Gasteiger partial charge is 0.0887 e. The molecule has 0 atom stereocenters. The van der Waals surface area contributed by atoms with Gasteiger partial charge in [0.2, 0.25) is 0 Å². The van der Waals surface area contributed by atoms with E-state index in [-0.39, 0.29) is 27.1 Å². The molecule has 0 amide bonds. The molecule has 0 saturated carbocycles. The fourth-order valence-electron chi connectivity index (χ4n) is 7.80. The van der Waals surface area contributed by atoms with Gasteiger partial charge in [0.15, 0.2) is 0 Å². The van der Waals surface area contributed by atoms with Gasteiger partial charge in [0.25, 0.3) is 0 Å². The molecular weight excluding hydrogens is 748 g/mol. The molecule has 314 valence electrons. The zero-order valence-electron chi connectivity index (χ0n) is 39.4. The highest BCUT2D eigenvalue weighted by Crippen LogP contribution is 2.50. The fraction of sp³-hybridized carbons (Fsp3) is 0.368. The van der Waals surface area contributed by atoms with Crippen LogP contribution in [-0.2, 0) is 27.1 Å². The van der Waals surface area contributed by atoms with Gasteiger partial charge in [-0.1, -0.05) is 182 Å². The summed E-state index contributed by atoms with van der Waals surface area (Å²) in [5.41, 5.74) is 16.1. The number of rotatable bonds is 7. The van der Waals surface area contributed by atoms with Crippen molar-refractivity contribution in [3.63, 3.8) is 0 Å². The number of benzene rings is 6. The Bertz CT molecular complexity index is 2360. The highest BCUT2D eigenvalue weighted by atomic mass is 35.5. The molecule has 6 aromatic rings. The molecule has 6 aromatic carbocycles. The molecule has 2 nitrogen and oxygen atoms in total. The summed E-state index contributed by atoms with van der Waals surface area (Å²) < 4.78 is 0. The van der Waals surface area contributed by atoms with Crippen LogP contribution in [0.1, 0.15) is 137 Å². The lowest BCUT2D eigenvalue weighted by Crippen LogP contribution is -2.18. The van der Waals surface area contributed by atoms with Crippen LogP contribution in [0.25, 0.3) is 11.1 Å². The van der Waals surface area contributed by atoms with Gasteiger partial charge in [-0.2, -0.15) is 0 Å².